The number of nitrogens with one attached hydrogen (secondary N) is 1. The molecule has 6 nitrogen and oxygen atoms in total. The summed E-state index contributed by atoms with van der Waals surface area (Å²) in [5.74, 6) is -1.33. The van der Waals surface area contributed by atoms with Crippen LogP contribution in [0.2, 0.25) is 5.02 Å². The van der Waals surface area contributed by atoms with Crippen LogP contribution in [-0.2, 0) is 14.3 Å². The minimum absolute atomic E-state index is 0.112. The molecular weight excluding hydrogens is 332 g/mol. The van der Waals surface area contributed by atoms with Crippen LogP contribution < -0.4 is 10.2 Å². The molecule has 2 amide bonds. The third-order valence-electron chi connectivity index (χ3n) is 3.65. The first-order chi connectivity index (χ1) is 11.1. The summed E-state index contributed by atoms with van der Waals surface area (Å²) in [4.78, 5) is 37.7. The van der Waals surface area contributed by atoms with Gasteiger partial charge in [0.15, 0.2) is 0 Å². The average molecular weight is 353 g/mol. The van der Waals surface area contributed by atoms with E-state index in [0.717, 1.165) is 0 Å². The van der Waals surface area contributed by atoms with Crippen LogP contribution in [0, 0.1) is 5.92 Å². The summed E-state index contributed by atoms with van der Waals surface area (Å²) >= 11 is 6.18. The molecule has 130 valence electrons. The zero-order valence-electron chi connectivity index (χ0n) is 14.2. The van der Waals surface area contributed by atoms with Gasteiger partial charge in [0.25, 0.3) is 0 Å². The van der Waals surface area contributed by atoms with Crippen LogP contribution in [0.5, 0.6) is 0 Å². The molecule has 1 atom stereocenters. The lowest BCUT2D eigenvalue weighted by molar-refractivity contribution is -0.127. The van der Waals surface area contributed by atoms with E-state index in [0.29, 0.717) is 16.3 Å². The number of rotatable bonds is 3. The zero-order chi connectivity index (χ0) is 18.1. The summed E-state index contributed by atoms with van der Waals surface area (Å²) in [7, 11) is 1.28. The van der Waals surface area contributed by atoms with Crippen molar-refractivity contribution >= 4 is 35.1 Å². The lowest BCUT2D eigenvalue weighted by Crippen LogP contribution is -2.44. The summed E-state index contributed by atoms with van der Waals surface area (Å²) in [6, 6.07) is 4.58. The molecule has 1 aliphatic rings. The fraction of sp³-hybridized carbons (Fsp3) is 0.471. The molecule has 24 heavy (non-hydrogen) atoms. The molecule has 1 aromatic carbocycles. The Hall–Kier alpha value is -2.08. The molecule has 0 aromatic heterocycles. The van der Waals surface area contributed by atoms with Gasteiger partial charge in [-0.25, -0.2) is 4.79 Å². The van der Waals surface area contributed by atoms with E-state index in [-0.39, 0.29) is 30.3 Å². The van der Waals surface area contributed by atoms with E-state index < -0.39 is 11.9 Å². The maximum absolute atomic E-state index is 12.3. The Balaban J connectivity index is 2.23. The SMILES string of the molecule is COC(=O)c1ccc(Cl)c(N2CC(C(=O)NC(C)(C)C)CC2=O)c1. The van der Waals surface area contributed by atoms with Crippen molar-refractivity contribution in [1.29, 1.82) is 0 Å². The molecule has 0 bridgehead atoms. The van der Waals surface area contributed by atoms with Crippen LogP contribution in [0.3, 0.4) is 0 Å². The number of anilines is 1. The number of ether oxygens (including phenoxy) is 1. The fourth-order valence-corrected chi connectivity index (χ4v) is 2.77. The number of nitrogens with zero attached hydrogens (tertiary/aromatic N) is 1. The number of esters is 1. The largest absolute Gasteiger partial charge is 0.465 e. The van der Waals surface area contributed by atoms with Gasteiger partial charge in [-0.05, 0) is 39.0 Å². The Bertz CT molecular complexity index is 682. The highest BCUT2D eigenvalue weighted by Crippen LogP contribution is 2.32. The minimum atomic E-state index is -0.512. The Morgan fingerprint density at radius 2 is 2.00 bits per heavy atom. The van der Waals surface area contributed by atoms with Crippen LogP contribution >= 0.6 is 11.6 Å². The normalized spacial score (nSPS) is 17.8. The fourth-order valence-electron chi connectivity index (χ4n) is 2.55. The van der Waals surface area contributed by atoms with Gasteiger partial charge in [0, 0.05) is 18.5 Å². The van der Waals surface area contributed by atoms with Crippen molar-refractivity contribution in [3.05, 3.63) is 28.8 Å². The molecule has 7 heteroatoms. The van der Waals surface area contributed by atoms with Crippen LogP contribution in [0.4, 0.5) is 5.69 Å². The number of carbonyl (C=O) groups is 3. The van der Waals surface area contributed by atoms with E-state index in [1.54, 1.807) is 6.07 Å². The molecule has 1 fully saturated rings. The van der Waals surface area contributed by atoms with Gasteiger partial charge in [-0.15, -0.1) is 0 Å². The summed E-state index contributed by atoms with van der Waals surface area (Å²) in [5.41, 5.74) is 0.346. The average Bonchev–Trinajstić information content (AvgIpc) is 2.87. The van der Waals surface area contributed by atoms with E-state index in [1.807, 2.05) is 20.8 Å². The number of halogens is 1. The van der Waals surface area contributed by atoms with E-state index in [9.17, 15) is 14.4 Å². The molecule has 0 saturated carbocycles. The molecule has 1 N–H and O–H groups in total. The Labute approximate surface area is 146 Å². The van der Waals surface area contributed by atoms with Crippen molar-refractivity contribution in [3.63, 3.8) is 0 Å². The quantitative estimate of drug-likeness (QED) is 0.847. The van der Waals surface area contributed by atoms with Crippen molar-refractivity contribution in [2.24, 2.45) is 5.92 Å². The third-order valence-corrected chi connectivity index (χ3v) is 3.97. The summed E-state index contributed by atoms with van der Waals surface area (Å²) in [6.07, 6.45) is 0.112. The number of methoxy groups -OCH3 is 1. The standard InChI is InChI=1S/C17H21ClN2O4/c1-17(2,3)19-15(22)11-8-14(21)20(9-11)13-7-10(16(23)24-4)5-6-12(13)18/h5-7,11H,8-9H2,1-4H3,(H,19,22). The topological polar surface area (TPSA) is 75.7 Å². The third kappa shape index (κ3) is 4.06. The van der Waals surface area contributed by atoms with E-state index in [4.69, 9.17) is 11.6 Å². The van der Waals surface area contributed by atoms with E-state index in [2.05, 4.69) is 10.1 Å². The highest BCUT2D eigenvalue weighted by atomic mass is 35.5. The first kappa shape index (κ1) is 18.3. The molecule has 1 aromatic rings. The van der Waals surface area contributed by atoms with Gasteiger partial charge in [0.05, 0.1) is 29.3 Å². The molecule has 1 unspecified atom stereocenters. The van der Waals surface area contributed by atoms with Crippen LogP contribution in [0.1, 0.15) is 37.6 Å². The molecule has 1 aliphatic heterocycles. The Kier molecular flexibility index (Phi) is 5.18. The van der Waals surface area contributed by atoms with Crippen molar-refractivity contribution in [1.82, 2.24) is 5.32 Å². The van der Waals surface area contributed by atoms with Crippen LogP contribution in [0.15, 0.2) is 18.2 Å². The lowest BCUT2D eigenvalue weighted by atomic mass is 10.0. The molecule has 0 radical (unpaired) electrons. The molecule has 0 spiro atoms. The van der Waals surface area contributed by atoms with Crippen molar-refractivity contribution in [3.8, 4) is 0 Å². The number of benzene rings is 1. The zero-order valence-corrected chi connectivity index (χ0v) is 14.9. The van der Waals surface area contributed by atoms with Gasteiger partial charge in [0.2, 0.25) is 11.8 Å². The predicted molar refractivity (Wildman–Crippen MR) is 91.1 cm³/mol. The first-order valence-electron chi connectivity index (χ1n) is 7.62. The molecular formula is C17H21ClN2O4. The molecule has 0 aliphatic carbocycles. The number of carbonyl (C=O) groups excluding carboxylic acids is 3. The van der Waals surface area contributed by atoms with Crippen molar-refractivity contribution < 1.29 is 19.1 Å². The smallest absolute Gasteiger partial charge is 0.337 e. The van der Waals surface area contributed by atoms with Gasteiger partial charge in [-0.1, -0.05) is 11.6 Å². The highest BCUT2D eigenvalue weighted by Gasteiger charge is 2.37. The molecule has 1 saturated heterocycles. The van der Waals surface area contributed by atoms with Crippen LogP contribution in [-0.4, -0.2) is 37.0 Å². The molecule has 1 heterocycles. The number of hydrogen-bond donors (Lipinski definition) is 1. The van der Waals surface area contributed by atoms with Crippen LogP contribution in [0.25, 0.3) is 0 Å². The monoisotopic (exact) mass is 352 g/mol. The van der Waals surface area contributed by atoms with Gasteiger partial charge in [-0.3, -0.25) is 9.59 Å². The van der Waals surface area contributed by atoms with Gasteiger partial charge in [-0.2, -0.15) is 0 Å². The molecule has 2 rings (SSSR count). The van der Waals surface area contributed by atoms with Gasteiger partial charge >= 0.3 is 5.97 Å². The summed E-state index contributed by atoms with van der Waals surface area (Å²) < 4.78 is 4.69. The second kappa shape index (κ2) is 6.81. The Morgan fingerprint density at radius 3 is 2.58 bits per heavy atom. The van der Waals surface area contributed by atoms with Crippen molar-refractivity contribution in [2.75, 3.05) is 18.6 Å². The maximum atomic E-state index is 12.3. The lowest BCUT2D eigenvalue weighted by Gasteiger charge is -2.23. The van der Waals surface area contributed by atoms with E-state index in [1.165, 1.54) is 24.1 Å². The predicted octanol–water partition coefficient (Wildman–Crippen LogP) is 2.39. The van der Waals surface area contributed by atoms with Gasteiger partial charge < -0.3 is 15.0 Å². The van der Waals surface area contributed by atoms with E-state index >= 15 is 0 Å². The number of hydrogen-bond acceptors (Lipinski definition) is 4. The summed E-state index contributed by atoms with van der Waals surface area (Å²) in [5, 5.41) is 3.22. The summed E-state index contributed by atoms with van der Waals surface area (Å²) in [6.45, 7) is 5.88. The highest BCUT2D eigenvalue weighted by molar-refractivity contribution is 6.34. The van der Waals surface area contributed by atoms with Crippen molar-refractivity contribution in [2.45, 2.75) is 32.7 Å². The second-order valence-electron chi connectivity index (χ2n) is 6.80. The first-order valence-corrected chi connectivity index (χ1v) is 8.00. The maximum Gasteiger partial charge on any atom is 0.337 e. The minimum Gasteiger partial charge on any atom is -0.465 e. The second-order valence-corrected chi connectivity index (χ2v) is 7.21. The van der Waals surface area contributed by atoms with Gasteiger partial charge in [0.1, 0.15) is 0 Å². The number of amides is 2. The Morgan fingerprint density at radius 1 is 1.33 bits per heavy atom.